The number of hydrogen-bond donors (Lipinski definition) is 2. The van der Waals surface area contributed by atoms with Gasteiger partial charge in [-0.2, -0.15) is 5.10 Å². The number of nitrogens with zero attached hydrogens (tertiary/aromatic N) is 3. The van der Waals surface area contributed by atoms with Crippen molar-refractivity contribution in [3.05, 3.63) is 94.0 Å². The van der Waals surface area contributed by atoms with Gasteiger partial charge in [0.05, 0.1) is 25.0 Å². The number of aliphatic hydroxyl groups excluding tert-OH is 1. The highest BCUT2D eigenvalue weighted by atomic mass is 35.5. The van der Waals surface area contributed by atoms with Crippen molar-refractivity contribution in [3.63, 3.8) is 0 Å². The molecule has 2 N–H and O–H groups in total. The maximum Gasteiger partial charge on any atom is 0.414 e. The number of aliphatic hydroxyl groups is 1. The van der Waals surface area contributed by atoms with Gasteiger partial charge in [0.25, 0.3) is 5.91 Å². The predicted molar refractivity (Wildman–Crippen MR) is 172 cm³/mol. The lowest BCUT2D eigenvalue weighted by Crippen LogP contribution is -2.38. The normalized spacial score (nSPS) is 14.2. The van der Waals surface area contributed by atoms with Crippen LogP contribution in [0.1, 0.15) is 40.4 Å². The summed E-state index contributed by atoms with van der Waals surface area (Å²) in [5.41, 5.74) is 3.83. The average molecular weight is 651 g/mol. The first kappa shape index (κ1) is 32.8. The summed E-state index contributed by atoms with van der Waals surface area (Å²) >= 11 is 6.15. The molecule has 0 radical (unpaired) electrons. The van der Waals surface area contributed by atoms with Crippen molar-refractivity contribution >= 4 is 29.3 Å². The maximum absolute atomic E-state index is 15.1. The monoisotopic (exact) mass is 650 g/mol. The van der Waals surface area contributed by atoms with E-state index in [1.54, 1.807) is 60.4 Å². The number of para-hydroxylation sites is 1. The molecular weight excluding hydrogens is 615 g/mol. The second kappa shape index (κ2) is 14.7. The third-order valence-corrected chi connectivity index (χ3v) is 7.99. The van der Waals surface area contributed by atoms with Crippen molar-refractivity contribution in [2.75, 3.05) is 37.8 Å². The second-order valence-electron chi connectivity index (χ2n) is 11.0. The number of carbonyl (C=O) groups excluding carboxylic acids is 2. The molecule has 242 valence electrons. The Labute approximate surface area is 271 Å². The molecule has 2 amide bonds. The van der Waals surface area contributed by atoms with Crippen LogP contribution in [0.2, 0.25) is 5.02 Å². The predicted octanol–water partition coefficient (Wildman–Crippen LogP) is 5.92. The van der Waals surface area contributed by atoms with E-state index in [2.05, 4.69) is 10.4 Å². The molecule has 0 aliphatic carbocycles. The fourth-order valence-corrected chi connectivity index (χ4v) is 5.30. The van der Waals surface area contributed by atoms with E-state index in [0.717, 1.165) is 12.0 Å². The molecule has 1 aliphatic rings. The number of nitrogens with one attached hydrogen (secondary N) is 1. The Bertz CT molecular complexity index is 1700. The van der Waals surface area contributed by atoms with Crippen molar-refractivity contribution in [1.82, 2.24) is 15.1 Å². The van der Waals surface area contributed by atoms with E-state index in [0.29, 0.717) is 51.0 Å². The third kappa shape index (κ3) is 7.43. The standard InChI is InChI=1S/C34H36ClFN4O6/c1-4-11-37-33(42)23-14-21(2)27(29(36)15-23)19-39-17-24(16-38-39)26-7-5-9-30-32(26)46-20-25(41)18-40(30)34(43)45-13-12-44-31-10-6-8-28(35)22(31)3/h5-10,14-17,25,41H,4,11-13,18-20H2,1-3H3,(H,37,42). The number of aryl methyl sites for hydroxylation is 1. The smallest absolute Gasteiger partial charge is 0.414 e. The summed E-state index contributed by atoms with van der Waals surface area (Å²) < 4.78 is 34.0. The number of amides is 2. The number of aromatic nitrogens is 2. The Hall–Kier alpha value is -4.61. The first-order valence-corrected chi connectivity index (χ1v) is 15.4. The molecule has 1 atom stereocenters. The van der Waals surface area contributed by atoms with Crippen LogP contribution in [0, 0.1) is 19.7 Å². The van der Waals surface area contributed by atoms with Crippen LogP contribution in [-0.4, -0.2) is 65.9 Å². The molecule has 0 spiro atoms. The summed E-state index contributed by atoms with van der Waals surface area (Å²) in [5, 5.41) is 18.3. The van der Waals surface area contributed by atoms with Crippen LogP contribution < -0.4 is 19.7 Å². The molecule has 1 aromatic heterocycles. The van der Waals surface area contributed by atoms with E-state index in [1.807, 2.05) is 19.9 Å². The number of hydrogen-bond acceptors (Lipinski definition) is 7. The van der Waals surface area contributed by atoms with Gasteiger partial charge in [0.1, 0.15) is 37.5 Å². The summed E-state index contributed by atoms with van der Waals surface area (Å²) in [4.78, 5) is 26.9. The van der Waals surface area contributed by atoms with Crippen LogP contribution in [0.3, 0.4) is 0 Å². The summed E-state index contributed by atoms with van der Waals surface area (Å²) in [7, 11) is 0. The SMILES string of the molecule is CCCNC(=O)c1cc(C)c(Cn2cc(-c3cccc4c3OCC(O)CN4C(=O)OCCOc3cccc(Cl)c3C)cn2)c(F)c1. The van der Waals surface area contributed by atoms with Gasteiger partial charge in [0, 0.05) is 45.6 Å². The Balaban J connectivity index is 1.31. The fraction of sp³-hybridized carbons (Fsp3) is 0.324. The Kier molecular flexibility index (Phi) is 10.4. The Morgan fingerprint density at radius 3 is 2.76 bits per heavy atom. The summed E-state index contributed by atoms with van der Waals surface area (Å²) in [6.45, 7) is 6.21. The molecule has 0 saturated heterocycles. The van der Waals surface area contributed by atoms with Crippen LogP contribution in [0.4, 0.5) is 14.9 Å². The van der Waals surface area contributed by atoms with E-state index >= 15 is 4.39 Å². The number of benzene rings is 3. The minimum atomic E-state index is -0.959. The largest absolute Gasteiger partial charge is 0.490 e. The molecule has 10 nitrogen and oxygen atoms in total. The third-order valence-electron chi connectivity index (χ3n) is 7.58. The van der Waals surface area contributed by atoms with Crippen LogP contribution in [0.15, 0.2) is 60.9 Å². The molecule has 46 heavy (non-hydrogen) atoms. The van der Waals surface area contributed by atoms with Gasteiger partial charge in [0.2, 0.25) is 0 Å². The van der Waals surface area contributed by atoms with E-state index in [4.69, 9.17) is 25.8 Å². The topological polar surface area (TPSA) is 115 Å². The van der Waals surface area contributed by atoms with Crippen molar-refractivity contribution in [2.24, 2.45) is 0 Å². The first-order chi connectivity index (χ1) is 22.2. The Morgan fingerprint density at radius 1 is 1.17 bits per heavy atom. The quantitative estimate of drug-likeness (QED) is 0.205. The van der Waals surface area contributed by atoms with Gasteiger partial charge in [-0.1, -0.05) is 36.7 Å². The van der Waals surface area contributed by atoms with Crippen molar-refractivity contribution < 1.29 is 33.3 Å². The van der Waals surface area contributed by atoms with E-state index < -0.39 is 18.0 Å². The minimum Gasteiger partial charge on any atom is -0.490 e. The molecule has 5 rings (SSSR count). The van der Waals surface area contributed by atoms with Crippen molar-refractivity contribution in [1.29, 1.82) is 0 Å². The summed E-state index contributed by atoms with van der Waals surface area (Å²) in [6.07, 6.45) is 2.53. The number of halogens is 2. The number of ether oxygens (including phenoxy) is 3. The fourth-order valence-electron chi connectivity index (χ4n) is 5.13. The molecule has 1 unspecified atom stereocenters. The van der Waals surface area contributed by atoms with Gasteiger partial charge in [-0.25, -0.2) is 9.18 Å². The molecule has 0 bridgehead atoms. The number of fused-ring (bicyclic) bond motifs is 1. The van der Waals surface area contributed by atoms with E-state index in [9.17, 15) is 14.7 Å². The molecule has 0 saturated carbocycles. The second-order valence-corrected chi connectivity index (χ2v) is 11.4. The lowest BCUT2D eigenvalue weighted by Gasteiger charge is -2.23. The zero-order valence-corrected chi connectivity index (χ0v) is 26.6. The van der Waals surface area contributed by atoms with Gasteiger partial charge >= 0.3 is 6.09 Å². The lowest BCUT2D eigenvalue weighted by molar-refractivity contribution is 0.0953. The minimum absolute atomic E-state index is 0.0274. The highest BCUT2D eigenvalue weighted by Crippen LogP contribution is 2.40. The molecule has 3 aromatic carbocycles. The van der Waals surface area contributed by atoms with Gasteiger partial charge in [-0.15, -0.1) is 0 Å². The number of anilines is 1. The molecule has 12 heteroatoms. The molecular formula is C34H36ClFN4O6. The highest BCUT2D eigenvalue weighted by molar-refractivity contribution is 6.31. The van der Waals surface area contributed by atoms with Gasteiger partial charge in [-0.3, -0.25) is 14.4 Å². The van der Waals surface area contributed by atoms with E-state index in [1.165, 1.54) is 11.0 Å². The zero-order valence-electron chi connectivity index (χ0n) is 25.9. The summed E-state index contributed by atoms with van der Waals surface area (Å²) in [6, 6.07) is 13.5. The van der Waals surface area contributed by atoms with Gasteiger partial charge in [-0.05, 0) is 56.2 Å². The number of rotatable bonds is 10. The first-order valence-electron chi connectivity index (χ1n) is 15.0. The van der Waals surface area contributed by atoms with Crippen LogP contribution in [-0.2, 0) is 11.3 Å². The van der Waals surface area contributed by atoms with Crippen LogP contribution in [0.5, 0.6) is 11.5 Å². The van der Waals surface area contributed by atoms with Crippen molar-refractivity contribution in [2.45, 2.75) is 39.8 Å². The summed E-state index contributed by atoms with van der Waals surface area (Å²) in [5.74, 6) is 0.172. The van der Waals surface area contributed by atoms with Crippen LogP contribution >= 0.6 is 11.6 Å². The Morgan fingerprint density at radius 2 is 1.98 bits per heavy atom. The van der Waals surface area contributed by atoms with Gasteiger partial charge in [0.15, 0.2) is 5.75 Å². The average Bonchev–Trinajstić information content (AvgIpc) is 3.44. The van der Waals surface area contributed by atoms with Crippen LogP contribution in [0.25, 0.3) is 11.1 Å². The number of carbonyl (C=O) groups is 2. The molecule has 0 fully saturated rings. The molecule has 2 heterocycles. The van der Waals surface area contributed by atoms with Crippen molar-refractivity contribution in [3.8, 4) is 22.6 Å². The number of β-amino-alcohol motifs (C(OH)–C–C–N with tert-alkyl or cyclic N) is 1. The zero-order chi connectivity index (χ0) is 32.8. The van der Waals surface area contributed by atoms with E-state index in [-0.39, 0.29) is 44.4 Å². The maximum atomic E-state index is 15.1. The highest BCUT2D eigenvalue weighted by Gasteiger charge is 2.30. The van der Waals surface area contributed by atoms with Gasteiger partial charge < -0.3 is 24.6 Å². The molecule has 1 aliphatic heterocycles. The molecule has 4 aromatic rings. The lowest BCUT2D eigenvalue weighted by atomic mass is 10.0.